The van der Waals surface area contributed by atoms with E-state index in [0.717, 1.165) is 37.2 Å². The number of hydrogen-bond acceptors (Lipinski definition) is 4. The van der Waals surface area contributed by atoms with Crippen LogP contribution in [0.1, 0.15) is 43.6 Å². The first kappa shape index (κ1) is 20.8. The number of pyridine rings is 1. The van der Waals surface area contributed by atoms with Crippen molar-refractivity contribution >= 4 is 17.6 Å². The van der Waals surface area contributed by atoms with Crippen LogP contribution in [0.15, 0.2) is 48.8 Å². The zero-order valence-corrected chi connectivity index (χ0v) is 18.3. The van der Waals surface area contributed by atoms with E-state index in [0.29, 0.717) is 31.5 Å². The van der Waals surface area contributed by atoms with E-state index in [9.17, 15) is 9.59 Å². The average Bonchev–Trinajstić information content (AvgIpc) is 3.47. The van der Waals surface area contributed by atoms with Gasteiger partial charge in [0, 0.05) is 56.0 Å². The molecule has 1 atom stereocenters. The van der Waals surface area contributed by atoms with Crippen molar-refractivity contribution in [3.8, 4) is 5.75 Å². The number of hydrogen-bond donors (Lipinski definition) is 1. The Bertz CT molecular complexity index is 937. The molecule has 2 aliphatic heterocycles. The summed E-state index contributed by atoms with van der Waals surface area (Å²) in [6.45, 7) is 2.86. The van der Waals surface area contributed by atoms with Gasteiger partial charge in [0.25, 0.3) is 0 Å². The first-order chi connectivity index (χ1) is 15.7. The lowest BCUT2D eigenvalue weighted by Gasteiger charge is -2.39. The highest BCUT2D eigenvalue weighted by Crippen LogP contribution is 2.29. The van der Waals surface area contributed by atoms with Crippen molar-refractivity contribution in [3.63, 3.8) is 0 Å². The number of carbonyl (C=O) groups excluding carboxylic acids is 2. The van der Waals surface area contributed by atoms with Crippen LogP contribution in [0.4, 0.5) is 10.5 Å². The number of likely N-dealkylation sites (tertiary alicyclic amines) is 2. The second-order valence-corrected chi connectivity index (χ2v) is 9.14. The van der Waals surface area contributed by atoms with Gasteiger partial charge in [0.05, 0.1) is 6.54 Å². The maximum Gasteiger partial charge on any atom is 0.321 e. The molecule has 1 N–H and O–H groups in total. The van der Waals surface area contributed by atoms with Gasteiger partial charge in [-0.2, -0.15) is 0 Å². The minimum Gasteiger partial charge on any atom is -0.489 e. The predicted molar refractivity (Wildman–Crippen MR) is 122 cm³/mol. The van der Waals surface area contributed by atoms with Gasteiger partial charge >= 0.3 is 6.03 Å². The Balaban J connectivity index is 1.07. The van der Waals surface area contributed by atoms with E-state index in [2.05, 4.69) is 16.4 Å². The SMILES string of the molecule is O=C(Nc1ccc(OC2CCN(C(=O)C3CCCC3)C2)cc1)N1CC(c2cccnc2)C1. The number of nitrogens with one attached hydrogen (secondary N) is 1. The van der Waals surface area contributed by atoms with Gasteiger partial charge in [-0.05, 0) is 48.7 Å². The Morgan fingerprint density at radius 2 is 1.75 bits per heavy atom. The Labute approximate surface area is 188 Å². The lowest BCUT2D eigenvalue weighted by atomic mass is 9.93. The molecule has 32 heavy (non-hydrogen) atoms. The minimum absolute atomic E-state index is 0.0336. The van der Waals surface area contributed by atoms with Crippen LogP contribution in [0.5, 0.6) is 5.75 Å². The Morgan fingerprint density at radius 1 is 0.969 bits per heavy atom. The number of nitrogens with zero attached hydrogens (tertiary/aromatic N) is 3. The highest BCUT2D eigenvalue weighted by Gasteiger charge is 2.33. The molecular weight excluding hydrogens is 404 g/mol. The zero-order valence-electron chi connectivity index (χ0n) is 18.3. The fourth-order valence-electron chi connectivity index (χ4n) is 4.94. The molecule has 2 saturated heterocycles. The van der Waals surface area contributed by atoms with Gasteiger partial charge in [-0.25, -0.2) is 4.79 Å². The van der Waals surface area contributed by atoms with Crippen LogP contribution in [0.25, 0.3) is 0 Å². The van der Waals surface area contributed by atoms with E-state index in [1.807, 2.05) is 41.4 Å². The summed E-state index contributed by atoms with van der Waals surface area (Å²) in [6.07, 6.45) is 8.96. The Morgan fingerprint density at radius 3 is 2.47 bits per heavy atom. The zero-order chi connectivity index (χ0) is 21.9. The highest BCUT2D eigenvalue weighted by molar-refractivity contribution is 5.90. The quantitative estimate of drug-likeness (QED) is 0.775. The summed E-state index contributed by atoms with van der Waals surface area (Å²) >= 11 is 0. The van der Waals surface area contributed by atoms with E-state index in [4.69, 9.17) is 4.74 Å². The third kappa shape index (κ3) is 4.56. The van der Waals surface area contributed by atoms with Crippen LogP contribution >= 0.6 is 0 Å². The third-order valence-corrected chi connectivity index (χ3v) is 6.89. The minimum atomic E-state index is -0.0873. The summed E-state index contributed by atoms with van der Waals surface area (Å²) in [5.74, 6) is 1.66. The molecule has 1 saturated carbocycles. The fraction of sp³-hybridized carbons (Fsp3) is 0.480. The van der Waals surface area contributed by atoms with Crippen LogP contribution in [0, 0.1) is 5.92 Å². The standard InChI is InChI=1S/C25H30N4O3/c30-24(18-4-1-2-5-18)28-13-11-23(17-28)32-22-9-7-21(8-10-22)27-25(31)29-15-20(16-29)19-6-3-12-26-14-19/h3,6-10,12,14,18,20,23H,1-2,4-5,11,13,15-17H2,(H,27,31). The van der Waals surface area contributed by atoms with E-state index >= 15 is 0 Å². The number of aromatic nitrogens is 1. The van der Waals surface area contributed by atoms with Crippen LogP contribution in [-0.2, 0) is 4.79 Å². The molecule has 3 fully saturated rings. The number of amides is 3. The molecule has 1 aromatic carbocycles. The van der Waals surface area contributed by atoms with Crippen LogP contribution in [0.3, 0.4) is 0 Å². The van der Waals surface area contributed by atoms with Gasteiger partial charge in [0.15, 0.2) is 0 Å². The fourth-order valence-corrected chi connectivity index (χ4v) is 4.94. The average molecular weight is 435 g/mol. The molecular formula is C25H30N4O3. The monoisotopic (exact) mass is 434 g/mol. The first-order valence-corrected chi connectivity index (χ1v) is 11.7. The number of urea groups is 1. The van der Waals surface area contributed by atoms with Crippen molar-refractivity contribution in [2.45, 2.75) is 44.1 Å². The molecule has 7 heteroatoms. The molecule has 3 heterocycles. The van der Waals surface area contributed by atoms with Crippen LogP contribution in [-0.4, -0.2) is 59.0 Å². The van der Waals surface area contributed by atoms with Crippen LogP contribution < -0.4 is 10.1 Å². The molecule has 3 amide bonds. The molecule has 0 spiro atoms. The smallest absolute Gasteiger partial charge is 0.321 e. The molecule has 1 unspecified atom stereocenters. The molecule has 5 rings (SSSR count). The maximum atomic E-state index is 12.6. The lowest BCUT2D eigenvalue weighted by molar-refractivity contribution is -0.134. The topological polar surface area (TPSA) is 74.8 Å². The lowest BCUT2D eigenvalue weighted by Crippen LogP contribution is -2.50. The number of anilines is 1. The predicted octanol–water partition coefficient (Wildman–Crippen LogP) is 3.88. The second kappa shape index (κ2) is 9.18. The number of benzene rings is 1. The summed E-state index contributed by atoms with van der Waals surface area (Å²) in [7, 11) is 0. The van der Waals surface area contributed by atoms with Crippen LogP contribution in [0.2, 0.25) is 0 Å². The molecule has 1 aromatic heterocycles. The van der Waals surface area contributed by atoms with Gasteiger partial charge in [0.2, 0.25) is 5.91 Å². The Hall–Kier alpha value is -3.09. The van der Waals surface area contributed by atoms with Gasteiger partial charge in [-0.1, -0.05) is 18.9 Å². The number of ether oxygens (including phenoxy) is 1. The van der Waals surface area contributed by atoms with E-state index in [-0.39, 0.29) is 18.1 Å². The molecule has 7 nitrogen and oxygen atoms in total. The molecule has 0 bridgehead atoms. The third-order valence-electron chi connectivity index (χ3n) is 6.89. The summed E-state index contributed by atoms with van der Waals surface area (Å²) in [6, 6.07) is 11.4. The van der Waals surface area contributed by atoms with E-state index in [1.165, 1.54) is 18.4 Å². The highest BCUT2D eigenvalue weighted by atomic mass is 16.5. The summed E-state index contributed by atoms with van der Waals surface area (Å²) < 4.78 is 6.10. The van der Waals surface area contributed by atoms with Gasteiger partial charge < -0.3 is 19.9 Å². The molecule has 168 valence electrons. The maximum absolute atomic E-state index is 12.6. The molecule has 2 aromatic rings. The van der Waals surface area contributed by atoms with Crippen molar-refractivity contribution in [1.29, 1.82) is 0 Å². The van der Waals surface area contributed by atoms with Gasteiger partial charge in [0.1, 0.15) is 11.9 Å². The Kier molecular flexibility index (Phi) is 5.97. The van der Waals surface area contributed by atoms with E-state index < -0.39 is 0 Å². The summed E-state index contributed by atoms with van der Waals surface area (Å²) in [4.78, 5) is 33.0. The molecule has 0 radical (unpaired) electrons. The van der Waals surface area contributed by atoms with Crippen molar-refractivity contribution in [1.82, 2.24) is 14.8 Å². The first-order valence-electron chi connectivity index (χ1n) is 11.7. The second-order valence-electron chi connectivity index (χ2n) is 9.14. The number of carbonyl (C=O) groups is 2. The normalized spacial score (nSPS) is 21.4. The van der Waals surface area contributed by atoms with Gasteiger partial charge in [-0.3, -0.25) is 9.78 Å². The largest absolute Gasteiger partial charge is 0.489 e. The number of rotatable bonds is 5. The summed E-state index contributed by atoms with van der Waals surface area (Å²) in [5.41, 5.74) is 1.92. The molecule has 1 aliphatic carbocycles. The van der Waals surface area contributed by atoms with Gasteiger partial charge in [-0.15, -0.1) is 0 Å². The van der Waals surface area contributed by atoms with Crippen molar-refractivity contribution in [3.05, 3.63) is 54.4 Å². The van der Waals surface area contributed by atoms with Crippen molar-refractivity contribution < 1.29 is 14.3 Å². The van der Waals surface area contributed by atoms with Crippen molar-refractivity contribution in [2.24, 2.45) is 5.92 Å². The van der Waals surface area contributed by atoms with Crippen molar-refractivity contribution in [2.75, 3.05) is 31.5 Å². The summed E-state index contributed by atoms with van der Waals surface area (Å²) in [5, 5.41) is 2.95. The molecule has 3 aliphatic rings. The van der Waals surface area contributed by atoms with E-state index in [1.54, 1.807) is 11.1 Å².